The normalized spacial score (nSPS) is 20.5. The second-order valence-electron chi connectivity index (χ2n) is 3.89. The molecule has 92 valence electrons. The van der Waals surface area contributed by atoms with Gasteiger partial charge in [-0.1, -0.05) is 12.7 Å². The lowest BCUT2D eigenvalue weighted by atomic mass is 10.3. The van der Waals surface area contributed by atoms with Crippen LogP contribution in [0.3, 0.4) is 0 Å². The van der Waals surface area contributed by atoms with Crippen molar-refractivity contribution >= 4 is 0 Å². The lowest BCUT2D eigenvalue weighted by molar-refractivity contribution is -0.00314. The molecule has 0 bridgehead atoms. The SMILES string of the molecule is C=C/C=C(\C)OC[C@H](O)CN1CCOCC1. The van der Waals surface area contributed by atoms with Crippen LogP contribution in [0.25, 0.3) is 0 Å². The molecule has 0 aromatic rings. The van der Waals surface area contributed by atoms with Crippen LogP contribution < -0.4 is 0 Å². The van der Waals surface area contributed by atoms with Crippen LogP contribution in [0.1, 0.15) is 6.92 Å². The number of nitrogens with zero attached hydrogens (tertiary/aromatic N) is 1. The Morgan fingerprint density at radius 3 is 2.88 bits per heavy atom. The molecule has 0 unspecified atom stereocenters. The van der Waals surface area contributed by atoms with Gasteiger partial charge in [-0.15, -0.1) is 0 Å². The Bertz CT molecular complexity index is 234. The third-order valence-corrected chi connectivity index (χ3v) is 2.43. The van der Waals surface area contributed by atoms with E-state index < -0.39 is 6.10 Å². The van der Waals surface area contributed by atoms with E-state index in [1.165, 1.54) is 0 Å². The standard InChI is InChI=1S/C12H21NO3/c1-3-4-11(2)16-10-12(14)9-13-5-7-15-8-6-13/h3-4,12,14H,1,5-10H2,2H3/b11-4+/t12-/m1/s1. The highest BCUT2D eigenvalue weighted by atomic mass is 16.5. The van der Waals surface area contributed by atoms with Crippen molar-refractivity contribution in [3.8, 4) is 0 Å². The predicted octanol–water partition coefficient (Wildman–Crippen LogP) is 0.786. The quantitative estimate of drug-likeness (QED) is 0.538. The Hall–Kier alpha value is -0.840. The minimum Gasteiger partial charge on any atom is -0.495 e. The zero-order chi connectivity index (χ0) is 11.8. The van der Waals surface area contributed by atoms with Crippen molar-refractivity contribution in [3.63, 3.8) is 0 Å². The summed E-state index contributed by atoms with van der Waals surface area (Å²) in [6.45, 7) is 9.68. The van der Waals surface area contributed by atoms with E-state index in [1.54, 1.807) is 12.2 Å². The van der Waals surface area contributed by atoms with Crippen molar-refractivity contribution in [1.82, 2.24) is 4.90 Å². The monoisotopic (exact) mass is 227 g/mol. The summed E-state index contributed by atoms with van der Waals surface area (Å²) in [6, 6.07) is 0. The molecule has 4 nitrogen and oxygen atoms in total. The first-order valence-corrected chi connectivity index (χ1v) is 5.62. The van der Waals surface area contributed by atoms with E-state index in [0.717, 1.165) is 32.1 Å². The molecule has 0 radical (unpaired) electrons. The number of β-amino-alcohol motifs (C(OH)–C–C–N with tert-alkyl or cyclic N) is 1. The average molecular weight is 227 g/mol. The van der Waals surface area contributed by atoms with E-state index in [1.807, 2.05) is 6.92 Å². The van der Waals surface area contributed by atoms with Crippen molar-refractivity contribution in [1.29, 1.82) is 0 Å². The van der Waals surface area contributed by atoms with Crippen molar-refractivity contribution in [2.24, 2.45) is 0 Å². The van der Waals surface area contributed by atoms with Gasteiger partial charge in [-0.2, -0.15) is 0 Å². The summed E-state index contributed by atoms with van der Waals surface area (Å²) in [5, 5.41) is 9.76. The van der Waals surface area contributed by atoms with E-state index in [0.29, 0.717) is 13.2 Å². The van der Waals surface area contributed by atoms with Gasteiger partial charge in [0.1, 0.15) is 12.7 Å². The summed E-state index contributed by atoms with van der Waals surface area (Å²) in [6.07, 6.45) is 3.00. The molecule has 0 amide bonds. The average Bonchev–Trinajstić information content (AvgIpc) is 2.28. The van der Waals surface area contributed by atoms with Gasteiger partial charge in [-0.25, -0.2) is 0 Å². The molecule has 0 aromatic carbocycles. The molecule has 0 aliphatic carbocycles. The number of aliphatic hydroxyl groups is 1. The summed E-state index contributed by atoms with van der Waals surface area (Å²) in [7, 11) is 0. The van der Waals surface area contributed by atoms with Crippen molar-refractivity contribution in [3.05, 3.63) is 24.5 Å². The molecule has 1 heterocycles. The fourth-order valence-electron chi connectivity index (χ4n) is 1.58. The van der Waals surface area contributed by atoms with E-state index in [4.69, 9.17) is 9.47 Å². The molecular weight excluding hydrogens is 206 g/mol. The molecule has 1 rings (SSSR count). The number of rotatable bonds is 6. The molecule has 16 heavy (non-hydrogen) atoms. The fourth-order valence-corrected chi connectivity index (χ4v) is 1.58. The van der Waals surface area contributed by atoms with Gasteiger partial charge in [-0.05, 0) is 13.0 Å². The Kier molecular flexibility index (Phi) is 6.15. The maximum atomic E-state index is 9.76. The number of hydrogen-bond acceptors (Lipinski definition) is 4. The third-order valence-electron chi connectivity index (χ3n) is 2.43. The molecule has 0 aromatic heterocycles. The second kappa shape index (κ2) is 7.44. The van der Waals surface area contributed by atoms with Crippen molar-refractivity contribution in [2.45, 2.75) is 13.0 Å². The van der Waals surface area contributed by atoms with Crippen LogP contribution in [0.15, 0.2) is 24.5 Å². The van der Waals surface area contributed by atoms with Crippen molar-refractivity contribution in [2.75, 3.05) is 39.5 Å². The zero-order valence-corrected chi connectivity index (χ0v) is 9.89. The van der Waals surface area contributed by atoms with E-state index in [9.17, 15) is 5.11 Å². The largest absolute Gasteiger partial charge is 0.495 e. The Balaban J connectivity index is 2.16. The third kappa shape index (κ3) is 5.30. The van der Waals surface area contributed by atoms with Gasteiger partial charge in [0.05, 0.1) is 19.0 Å². The van der Waals surface area contributed by atoms with Crippen LogP contribution in [0.2, 0.25) is 0 Å². The van der Waals surface area contributed by atoms with Gasteiger partial charge in [0.2, 0.25) is 0 Å². The summed E-state index contributed by atoms with van der Waals surface area (Å²) in [5.74, 6) is 0.774. The number of morpholine rings is 1. The predicted molar refractivity (Wildman–Crippen MR) is 63.2 cm³/mol. The molecule has 1 fully saturated rings. The molecule has 1 N–H and O–H groups in total. The molecule has 1 atom stereocenters. The Morgan fingerprint density at radius 1 is 1.56 bits per heavy atom. The van der Waals surface area contributed by atoms with Crippen LogP contribution in [0.5, 0.6) is 0 Å². The molecule has 0 saturated carbocycles. The van der Waals surface area contributed by atoms with E-state index in [2.05, 4.69) is 11.5 Å². The Morgan fingerprint density at radius 2 is 2.25 bits per heavy atom. The van der Waals surface area contributed by atoms with Gasteiger partial charge in [0, 0.05) is 19.6 Å². The topological polar surface area (TPSA) is 41.9 Å². The first-order valence-electron chi connectivity index (χ1n) is 5.62. The van der Waals surface area contributed by atoms with Gasteiger partial charge < -0.3 is 14.6 Å². The van der Waals surface area contributed by atoms with Crippen LogP contribution in [-0.2, 0) is 9.47 Å². The number of hydrogen-bond donors (Lipinski definition) is 1. The molecule has 1 aliphatic rings. The zero-order valence-electron chi connectivity index (χ0n) is 9.89. The lowest BCUT2D eigenvalue weighted by Gasteiger charge is -2.28. The summed E-state index contributed by atoms with van der Waals surface area (Å²) in [5.41, 5.74) is 0. The number of ether oxygens (including phenoxy) is 2. The maximum Gasteiger partial charge on any atom is 0.115 e. The second-order valence-corrected chi connectivity index (χ2v) is 3.89. The molecular formula is C12H21NO3. The van der Waals surface area contributed by atoms with Crippen LogP contribution in [0.4, 0.5) is 0 Å². The highest BCUT2D eigenvalue weighted by Crippen LogP contribution is 2.01. The van der Waals surface area contributed by atoms with E-state index >= 15 is 0 Å². The van der Waals surface area contributed by atoms with Gasteiger partial charge in [-0.3, -0.25) is 4.90 Å². The first-order chi connectivity index (χ1) is 7.72. The molecule has 0 spiro atoms. The first kappa shape index (κ1) is 13.2. The fraction of sp³-hybridized carbons (Fsp3) is 0.667. The number of aliphatic hydroxyl groups excluding tert-OH is 1. The summed E-state index contributed by atoms with van der Waals surface area (Å²) < 4.78 is 10.6. The van der Waals surface area contributed by atoms with Gasteiger partial charge in [0.25, 0.3) is 0 Å². The van der Waals surface area contributed by atoms with Gasteiger partial charge >= 0.3 is 0 Å². The highest BCUT2D eigenvalue weighted by Gasteiger charge is 2.14. The number of allylic oxidation sites excluding steroid dienone is 3. The smallest absolute Gasteiger partial charge is 0.115 e. The molecule has 1 aliphatic heterocycles. The molecule has 1 saturated heterocycles. The minimum atomic E-state index is -0.453. The van der Waals surface area contributed by atoms with Crippen LogP contribution in [0, 0.1) is 0 Å². The highest BCUT2D eigenvalue weighted by molar-refractivity contribution is 5.01. The van der Waals surface area contributed by atoms with Crippen LogP contribution in [-0.4, -0.2) is 55.6 Å². The Labute approximate surface area is 97.1 Å². The summed E-state index contributed by atoms with van der Waals surface area (Å²) in [4.78, 5) is 2.18. The van der Waals surface area contributed by atoms with Crippen LogP contribution >= 0.6 is 0 Å². The minimum absolute atomic E-state index is 0.327. The van der Waals surface area contributed by atoms with Crippen molar-refractivity contribution < 1.29 is 14.6 Å². The van der Waals surface area contributed by atoms with Gasteiger partial charge in [0.15, 0.2) is 0 Å². The lowest BCUT2D eigenvalue weighted by Crippen LogP contribution is -2.42. The maximum absolute atomic E-state index is 9.76. The summed E-state index contributed by atoms with van der Waals surface area (Å²) >= 11 is 0. The van der Waals surface area contributed by atoms with E-state index in [-0.39, 0.29) is 0 Å². The molecule has 4 heteroatoms.